The Balaban J connectivity index is 1.61. The summed E-state index contributed by atoms with van der Waals surface area (Å²) in [5.41, 5.74) is 1.31. The molecule has 3 heterocycles. The quantitative estimate of drug-likeness (QED) is 0.346. The van der Waals surface area contributed by atoms with Gasteiger partial charge >= 0.3 is 0 Å². The van der Waals surface area contributed by atoms with E-state index in [1.807, 2.05) is 6.92 Å². The molecule has 0 aliphatic carbocycles. The number of pyridine rings is 1. The second kappa shape index (κ2) is 11.3. The van der Waals surface area contributed by atoms with Crippen LogP contribution in [0.3, 0.4) is 0 Å². The highest BCUT2D eigenvalue weighted by Crippen LogP contribution is 2.39. The summed E-state index contributed by atoms with van der Waals surface area (Å²) in [5, 5.41) is 11.2. The first kappa shape index (κ1) is 23.9. The van der Waals surface area contributed by atoms with Gasteiger partial charge in [0.2, 0.25) is 0 Å². The number of likely N-dealkylation sites (tertiary alicyclic amines) is 1. The Morgan fingerprint density at radius 3 is 2.47 bits per heavy atom. The monoisotopic (exact) mass is 465 g/mol. The van der Waals surface area contributed by atoms with Crippen molar-refractivity contribution >= 4 is 17.4 Å². The molecular weight excluding hydrogens is 434 g/mol. The summed E-state index contributed by atoms with van der Waals surface area (Å²) in [5.74, 6) is -0.754. The van der Waals surface area contributed by atoms with Gasteiger partial charge in [0.05, 0.1) is 31.4 Å². The molecule has 2 aromatic rings. The van der Waals surface area contributed by atoms with Crippen molar-refractivity contribution in [3.8, 4) is 5.75 Å². The number of aromatic nitrogens is 1. The number of morpholine rings is 1. The lowest BCUT2D eigenvalue weighted by Gasteiger charge is -2.29. The van der Waals surface area contributed by atoms with Crippen LogP contribution in [0.4, 0.5) is 0 Å². The number of benzene rings is 1. The van der Waals surface area contributed by atoms with Crippen LogP contribution in [-0.4, -0.2) is 77.6 Å². The minimum absolute atomic E-state index is 0.102. The standard InChI is InChI=1S/C26H31N3O5/c1-2-16-34-21-6-4-20(5-7-21)24(30)22-23(19-8-10-27-11-9-19)29(26(32)25(22)31)13-3-12-28-14-17-33-18-15-28/h4-11,23,30H,2-3,12-18H2,1H3/b24-22+/t23-/m0/s1. The lowest BCUT2D eigenvalue weighted by molar-refractivity contribution is -0.140. The third-order valence-electron chi connectivity index (χ3n) is 6.14. The summed E-state index contributed by atoms with van der Waals surface area (Å²) in [7, 11) is 0. The van der Waals surface area contributed by atoms with Crippen LogP contribution < -0.4 is 4.74 Å². The van der Waals surface area contributed by atoms with Gasteiger partial charge in [-0.05, 0) is 54.8 Å². The predicted molar refractivity (Wildman–Crippen MR) is 127 cm³/mol. The van der Waals surface area contributed by atoms with E-state index in [0.717, 1.165) is 38.0 Å². The Kier molecular flexibility index (Phi) is 7.92. The van der Waals surface area contributed by atoms with Crippen LogP contribution in [0.2, 0.25) is 0 Å². The van der Waals surface area contributed by atoms with Crippen molar-refractivity contribution in [2.24, 2.45) is 0 Å². The van der Waals surface area contributed by atoms with E-state index in [1.165, 1.54) is 0 Å². The van der Waals surface area contributed by atoms with Crippen molar-refractivity contribution in [1.82, 2.24) is 14.8 Å². The minimum atomic E-state index is -0.669. The van der Waals surface area contributed by atoms with Gasteiger partial charge in [-0.3, -0.25) is 19.5 Å². The lowest BCUT2D eigenvalue weighted by atomic mass is 9.96. The SMILES string of the molecule is CCCOc1ccc(/C(O)=C2\C(=O)C(=O)N(CCCN3CCOCC3)[C@H]2c2ccncc2)cc1. The molecule has 180 valence electrons. The summed E-state index contributed by atoms with van der Waals surface area (Å²) >= 11 is 0. The Bertz CT molecular complexity index is 1020. The highest BCUT2D eigenvalue weighted by atomic mass is 16.5. The molecule has 0 radical (unpaired) electrons. The van der Waals surface area contributed by atoms with E-state index in [1.54, 1.807) is 53.7 Å². The smallest absolute Gasteiger partial charge is 0.295 e. The predicted octanol–water partition coefficient (Wildman–Crippen LogP) is 3.01. The molecule has 34 heavy (non-hydrogen) atoms. The number of hydrogen-bond acceptors (Lipinski definition) is 7. The molecule has 2 saturated heterocycles. The maximum absolute atomic E-state index is 13.1. The molecule has 0 spiro atoms. The molecule has 4 rings (SSSR count). The van der Waals surface area contributed by atoms with E-state index in [-0.39, 0.29) is 11.3 Å². The first-order chi connectivity index (χ1) is 16.6. The van der Waals surface area contributed by atoms with E-state index in [2.05, 4.69) is 9.88 Å². The number of amides is 1. The second-order valence-electron chi connectivity index (χ2n) is 8.45. The fraction of sp³-hybridized carbons (Fsp3) is 0.423. The third kappa shape index (κ3) is 5.29. The third-order valence-corrected chi connectivity index (χ3v) is 6.14. The number of ether oxygens (including phenoxy) is 2. The van der Waals surface area contributed by atoms with Gasteiger partial charge in [0.1, 0.15) is 11.5 Å². The van der Waals surface area contributed by atoms with E-state index in [9.17, 15) is 14.7 Å². The number of aliphatic hydroxyl groups is 1. The zero-order valence-electron chi connectivity index (χ0n) is 19.5. The van der Waals surface area contributed by atoms with Crippen molar-refractivity contribution < 1.29 is 24.2 Å². The van der Waals surface area contributed by atoms with Crippen LogP contribution in [0.5, 0.6) is 5.75 Å². The lowest BCUT2D eigenvalue weighted by Crippen LogP contribution is -2.38. The number of Topliss-reactive ketones (excluding diaryl/α,β-unsaturated/α-hetero) is 1. The Labute approximate surface area is 199 Å². The number of nitrogens with zero attached hydrogens (tertiary/aromatic N) is 3. The van der Waals surface area contributed by atoms with Crippen LogP contribution in [0.1, 0.15) is 36.9 Å². The number of aliphatic hydroxyl groups excluding tert-OH is 1. The summed E-state index contributed by atoms with van der Waals surface area (Å²) < 4.78 is 11.0. The molecule has 1 aromatic heterocycles. The average molecular weight is 466 g/mol. The van der Waals surface area contributed by atoms with Crippen molar-refractivity contribution in [1.29, 1.82) is 0 Å². The number of carbonyl (C=O) groups is 2. The largest absolute Gasteiger partial charge is 0.507 e. The molecule has 2 aliphatic heterocycles. The van der Waals surface area contributed by atoms with Crippen molar-refractivity contribution in [2.45, 2.75) is 25.8 Å². The fourth-order valence-electron chi connectivity index (χ4n) is 4.38. The number of carbonyl (C=O) groups excluding carboxylic acids is 2. The molecule has 1 atom stereocenters. The topological polar surface area (TPSA) is 92.2 Å². The molecule has 0 unspecified atom stereocenters. The maximum Gasteiger partial charge on any atom is 0.295 e. The van der Waals surface area contributed by atoms with E-state index < -0.39 is 17.7 Å². The van der Waals surface area contributed by atoms with Crippen molar-refractivity contribution in [3.05, 3.63) is 65.5 Å². The molecule has 1 aromatic carbocycles. The van der Waals surface area contributed by atoms with Crippen LogP contribution in [-0.2, 0) is 14.3 Å². The van der Waals surface area contributed by atoms with Crippen molar-refractivity contribution in [2.75, 3.05) is 46.0 Å². The number of hydrogen-bond donors (Lipinski definition) is 1. The average Bonchev–Trinajstić information content (AvgIpc) is 3.13. The van der Waals surface area contributed by atoms with Gasteiger partial charge in [-0.25, -0.2) is 0 Å². The molecule has 8 nitrogen and oxygen atoms in total. The van der Waals surface area contributed by atoms with Gasteiger partial charge in [-0.15, -0.1) is 0 Å². The molecule has 1 N–H and O–H groups in total. The molecule has 0 saturated carbocycles. The molecular formula is C26H31N3O5. The molecule has 8 heteroatoms. The zero-order valence-corrected chi connectivity index (χ0v) is 19.5. The van der Waals surface area contributed by atoms with E-state index >= 15 is 0 Å². The highest BCUT2D eigenvalue weighted by Gasteiger charge is 2.45. The van der Waals surface area contributed by atoms with Crippen LogP contribution >= 0.6 is 0 Å². The van der Waals surface area contributed by atoms with Gasteiger partial charge in [0.25, 0.3) is 11.7 Å². The fourth-order valence-corrected chi connectivity index (χ4v) is 4.38. The van der Waals surface area contributed by atoms with Gasteiger partial charge in [0.15, 0.2) is 0 Å². The Morgan fingerprint density at radius 1 is 1.09 bits per heavy atom. The first-order valence-electron chi connectivity index (χ1n) is 11.8. The van der Waals surface area contributed by atoms with Crippen LogP contribution in [0, 0.1) is 0 Å². The van der Waals surface area contributed by atoms with Gasteiger partial charge in [-0.1, -0.05) is 6.92 Å². The molecule has 1 amide bonds. The first-order valence-corrected chi connectivity index (χ1v) is 11.8. The minimum Gasteiger partial charge on any atom is -0.507 e. The number of ketones is 1. The Morgan fingerprint density at radius 2 is 1.79 bits per heavy atom. The van der Waals surface area contributed by atoms with Crippen molar-refractivity contribution in [3.63, 3.8) is 0 Å². The highest BCUT2D eigenvalue weighted by molar-refractivity contribution is 6.46. The molecule has 2 aliphatic rings. The van der Waals surface area contributed by atoms with Gasteiger partial charge in [0, 0.05) is 44.1 Å². The van der Waals surface area contributed by atoms with E-state index in [4.69, 9.17) is 9.47 Å². The molecule has 0 bridgehead atoms. The maximum atomic E-state index is 13.1. The normalized spacial score (nSPS) is 20.6. The Hall–Kier alpha value is -3.23. The summed E-state index contributed by atoms with van der Waals surface area (Å²) in [6.45, 7) is 7.01. The number of rotatable bonds is 9. The van der Waals surface area contributed by atoms with Gasteiger partial charge in [-0.2, -0.15) is 0 Å². The van der Waals surface area contributed by atoms with E-state index in [0.29, 0.717) is 37.7 Å². The summed E-state index contributed by atoms with van der Waals surface area (Å²) in [4.78, 5) is 34.1. The molecule has 2 fully saturated rings. The summed E-state index contributed by atoms with van der Waals surface area (Å²) in [6, 6.07) is 9.81. The van der Waals surface area contributed by atoms with Gasteiger partial charge < -0.3 is 19.5 Å². The second-order valence-corrected chi connectivity index (χ2v) is 8.45. The van der Waals surface area contributed by atoms with Crippen LogP contribution in [0.15, 0.2) is 54.4 Å². The summed E-state index contributed by atoms with van der Waals surface area (Å²) in [6.07, 6.45) is 4.87. The zero-order chi connectivity index (χ0) is 23.9. The van der Waals surface area contributed by atoms with Crippen LogP contribution in [0.25, 0.3) is 5.76 Å².